The maximum Gasteiger partial charge on any atom is 0.312 e. The van der Waals surface area contributed by atoms with Crippen LogP contribution in [0.15, 0.2) is 11.6 Å². The molecule has 0 aliphatic heterocycles. The molecular weight excluding hydrogens is 208 g/mol. The fourth-order valence-electron chi connectivity index (χ4n) is 1.99. The Kier molecular flexibility index (Phi) is 4.10. The van der Waals surface area contributed by atoms with Crippen LogP contribution in [0.3, 0.4) is 0 Å². The molecule has 16 heavy (non-hydrogen) atoms. The summed E-state index contributed by atoms with van der Waals surface area (Å²) in [6.45, 7) is 2.03. The van der Waals surface area contributed by atoms with E-state index in [4.69, 9.17) is 4.74 Å². The van der Waals surface area contributed by atoms with E-state index in [9.17, 15) is 9.59 Å². The molecule has 0 spiro atoms. The number of esters is 2. The monoisotopic (exact) mass is 226 g/mol. The molecule has 1 aliphatic rings. The Labute approximate surface area is 95.6 Å². The summed E-state index contributed by atoms with van der Waals surface area (Å²) in [5.41, 5.74) is 0.533. The van der Waals surface area contributed by atoms with Gasteiger partial charge in [0, 0.05) is 0 Å². The van der Waals surface area contributed by atoms with Crippen LogP contribution in [0.1, 0.15) is 32.6 Å². The maximum atomic E-state index is 11.8. The molecule has 0 N–H and O–H groups in total. The average Bonchev–Trinajstić information content (AvgIpc) is 2.31. The Hall–Kier alpha value is -1.32. The largest absolute Gasteiger partial charge is 0.469 e. The zero-order valence-electron chi connectivity index (χ0n) is 10.0. The Morgan fingerprint density at radius 3 is 2.50 bits per heavy atom. The van der Waals surface area contributed by atoms with Crippen molar-refractivity contribution in [1.82, 2.24) is 0 Å². The van der Waals surface area contributed by atoms with Gasteiger partial charge in [-0.25, -0.2) is 0 Å². The molecule has 0 bridgehead atoms. The van der Waals surface area contributed by atoms with E-state index in [1.54, 1.807) is 0 Å². The molecule has 1 unspecified atom stereocenters. The lowest BCUT2D eigenvalue weighted by molar-refractivity contribution is -0.160. The Morgan fingerprint density at radius 1 is 1.38 bits per heavy atom. The van der Waals surface area contributed by atoms with E-state index in [0.29, 0.717) is 12.8 Å². The fraction of sp³-hybridized carbons (Fsp3) is 0.667. The van der Waals surface area contributed by atoms with Crippen molar-refractivity contribution in [2.24, 2.45) is 5.41 Å². The molecule has 0 fully saturated rings. The van der Waals surface area contributed by atoms with Gasteiger partial charge in [0.15, 0.2) is 0 Å². The van der Waals surface area contributed by atoms with Gasteiger partial charge in [-0.1, -0.05) is 11.6 Å². The van der Waals surface area contributed by atoms with E-state index >= 15 is 0 Å². The highest BCUT2D eigenvalue weighted by molar-refractivity contribution is 5.83. The Balaban J connectivity index is 2.86. The van der Waals surface area contributed by atoms with Gasteiger partial charge in [0.2, 0.25) is 0 Å². The number of hydrogen-bond acceptors (Lipinski definition) is 4. The van der Waals surface area contributed by atoms with E-state index in [2.05, 4.69) is 4.74 Å². The average molecular weight is 226 g/mol. The molecule has 4 nitrogen and oxygen atoms in total. The van der Waals surface area contributed by atoms with Crippen molar-refractivity contribution in [3.05, 3.63) is 11.6 Å². The van der Waals surface area contributed by atoms with Crippen LogP contribution in [-0.4, -0.2) is 26.2 Å². The van der Waals surface area contributed by atoms with E-state index in [0.717, 1.165) is 6.42 Å². The van der Waals surface area contributed by atoms with Crippen LogP contribution in [0.4, 0.5) is 0 Å². The minimum absolute atomic E-state index is 0.0972. The highest BCUT2D eigenvalue weighted by Crippen LogP contribution is 2.39. The van der Waals surface area contributed by atoms with Gasteiger partial charge in [-0.2, -0.15) is 0 Å². The number of rotatable bonds is 3. The van der Waals surface area contributed by atoms with E-state index in [-0.39, 0.29) is 18.4 Å². The summed E-state index contributed by atoms with van der Waals surface area (Å²) in [5.74, 6) is -0.681. The molecule has 0 radical (unpaired) electrons. The summed E-state index contributed by atoms with van der Waals surface area (Å²) in [6, 6.07) is 0. The normalized spacial score (nSPS) is 24.6. The van der Waals surface area contributed by atoms with Gasteiger partial charge in [-0.3, -0.25) is 9.59 Å². The van der Waals surface area contributed by atoms with Gasteiger partial charge >= 0.3 is 11.9 Å². The fourth-order valence-corrected chi connectivity index (χ4v) is 1.99. The number of carbonyl (C=O) groups is 2. The lowest BCUT2D eigenvalue weighted by atomic mass is 9.73. The summed E-state index contributed by atoms with van der Waals surface area (Å²) in [5, 5.41) is 0. The lowest BCUT2D eigenvalue weighted by Gasteiger charge is -2.32. The summed E-state index contributed by atoms with van der Waals surface area (Å²) in [7, 11) is 2.68. The van der Waals surface area contributed by atoms with Gasteiger partial charge in [-0.15, -0.1) is 0 Å². The van der Waals surface area contributed by atoms with Crippen LogP contribution in [0, 0.1) is 5.41 Å². The first kappa shape index (κ1) is 12.7. The standard InChI is InChI=1S/C12H18O4/c1-9-4-6-12(7-5-9,11(14)16-3)8-10(13)15-2/h4H,5-8H2,1-3H3. The molecule has 1 aliphatic carbocycles. The predicted molar refractivity (Wildman–Crippen MR) is 58.7 cm³/mol. The van der Waals surface area contributed by atoms with Crippen LogP contribution < -0.4 is 0 Å². The van der Waals surface area contributed by atoms with Crippen molar-refractivity contribution < 1.29 is 19.1 Å². The highest BCUT2D eigenvalue weighted by Gasteiger charge is 2.42. The molecule has 0 saturated carbocycles. The van der Waals surface area contributed by atoms with Gasteiger partial charge in [0.1, 0.15) is 0 Å². The van der Waals surface area contributed by atoms with Gasteiger partial charge in [-0.05, 0) is 26.2 Å². The van der Waals surface area contributed by atoms with Crippen molar-refractivity contribution in [3.8, 4) is 0 Å². The molecule has 90 valence electrons. The van der Waals surface area contributed by atoms with E-state index < -0.39 is 5.41 Å². The number of ether oxygens (including phenoxy) is 2. The number of allylic oxidation sites excluding steroid dienone is 2. The quantitative estimate of drug-likeness (QED) is 0.544. The maximum absolute atomic E-state index is 11.8. The topological polar surface area (TPSA) is 52.6 Å². The third kappa shape index (κ3) is 2.62. The summed E-state index contributed by atoms with van der Waals surface area (Å²) >= 11 is 0. The molecule has 0 heterocycles. The molecule has 0 aromatic heterocycles. The summed E-state index contributed by atoms with van der Waals surface area (Å²) in [6.07, 6.45) is 4.13. The van der Waals surface area contributed by atoms with Crippen molar-refractivity contribution in [3.63, 3.8) is 0 Å². The van der Waals surface area contributed by atoms with Crippen molar-refractivity contribution in [2.75, 3.05) is 14.2 Å². The first-order valence-electron chi connectivity index (χ1n) is 5.35. The van der Waals surface area contributed by atoms with Crippen LogP contribution in [-0.2, 0) is 19.1 Å². The minimum atomic E-state index is -0.721. The zero-order chi connectivity index (χ0) is 12.2. The second kappa shape index (κ2) is 5.14. The molecule has 0 aromatic rings. The molecule has 0 aromatic carbocycles. The Morgan fingerprint density at radius 2 is 2.06 bits per heavy atom. The van der Waals surface area contributed by atoms with E-state index in [1.165, 1.54) is 19.8 Å². The number of carbonyl (C=O) groups excluding carboxylic acids is 2. The van der Waals surface area contributed by atoms with Crippen molar-refractivity contribution in [2.45, 2.75) is 32.6 Å². The second-order valence-corrected chi connectivity index (χ2v) is 4.28. The van der Waals surface area contributed by atoms with Gasteiger partial charge < -0.3 is 9.47 Å². The third-order valence-electron chi connectivity index (χ3n) is 3.17. The van der Waals surface area contributed by atoms with Crippen LogP contribution >= 0.6 is 0 Å². The van der Waals surface area contributed by atoms with Crippen molar-refractivity contribution in [1.29, 1.82) is 0 Å². The Bertz CT molecular complexity index is 319. The summed E-state index contributed by atoms with van der Waals surface area (Å²) < 4.78 is 9.43. The highest BCUT2D eigenvalue weighted by atomic mass is 16.5. The zero-order valence-corrected chi connectivity index (χ0v) is 10.0. The molecule has 4 heteroatoms. The van der Waals surface area contributed by atoms with Gasteiger partial charge in [0.05, 0.1) is 26.1 Å². The molecule has 1 rings (SSSR count). The first-order chi connectivity index (χ1) is 7.54. The lowest BCUT2D eigenvalue weighted by Crippen LogP contribution is -2.36. The number of hydrogen-bond donors (Lipinski definition) is 0. The van der Waals surface area contributed by atoms with Crippen LogP contribution in [0.5, 0.6) is 0 Å². The molecule has 0 amide bonds. The van der Waals surface area contributed by atoms with Crippen LogP contribution in [0.2, 0.25) is 0 Å². The molecular formula is C12H18O4. The number of methoxy groups -OCH3 is 2. The molecule has 1 atom stereocenters. The molecule has 0 saturated heterocycles. The van der Waals surface area contributed by atoms with Gasteiger partial charge in [0.25, 0.3) is 0 Å². The minimum Gasteiger partial charge on any atom is -0.469 e. The van der Waals surface area contributed by atoms with Crippen molar-refractivity contribution >= 4 is 11.9 Å². The predicted octanol–water partition coefficient (Wildman–Crippen LogP) is 1.84. The first-order valence-corrected chi connectivity index (χ1v) is 5.35. The van der Waals surface area contributed by atoms with Crippen LogP contribution in [0.25, 0.3) is 0 Å². The van der Waals surface area contributed by atoms with E-state index in [1.807, 2.05) is 13.0 Å². The smallest absolute Gasteiger partial charge is 0.312 e. The SMILES string of the molecule is COC(=O)CC1(C(=O)OC)CC=C(C)CC1. The second-order valence-electron chi connectivity index (χ2n) is 4.28. The summed E-state index contributed by atoms with van der Waals surface area (Å²) in [4.78, 5) is 23.1. The third-order valence-corrected chi connectivity index (χ3v) is 3.17.